The van der Waals surface area contributed by atoms with Crippen LogP contribution in [0.3, 0.4) is 0 Å². The van der Waals surface area contributed by atoms with Gasteiger partial charge in [-0.05, 0) is 40.1 Å². The Labute approximate surface area is 128 Å². The number of rotatable bonds is 4. The standard InChI is InChI=1S/C17H30N2S/c1-13(2)15-10-18-16(17(3,4)5)11-19(15)8-6-14-7-9-20-12-14/h7,9,12-13,15-16,18H,6,8,10-11H2,1-5H3. The van der Waals surface area contributed by atoms with Crippen LogP contribution in [-0.4, -0.2) is 36.6 Å². The van der Waals surface area contributed by atoms with Gasteiger partial charge in [0.25, 0.3) is 0 Å². The van der Waals surface area contributed by atoms with Crippen LogP contribution in [0.5, 0.6) is 0 Å². The molecule has 0 aliphatic carbocycles. The topological polar surface area (TPSA) is 15.3 Å². The number of nitrogens with one attached hydrogen (secondary N) is 1. The molecule has 2 atom stereocenters. The molecule has 1 fully saturated rings. The maximum atomic E-state index is 3.77. The van der Waals surface area contributed by atoms with E-state index in [0.29, 0.717) is 23.4 Å². The SMILES string of the molecule is CC(C)C1CNC(C(C)(C)C)CN1CCc1ccsc1. The van der Waals surface area contributed by atoms with Crippen LogP contribution in [0.2, 0.25) is 0 Å². The first kappa shape index (κ1) is 16.0. The minimum absolute atomic E-state index is 0.336. The third-order valence-corrected chi connectivity index (χ3v) is 5.27. The predicted molar refractivity (Wildman–Crippen MR) is 89.5 cm³/mol. The van der Waals surface area contributed by atoms with Crippen molar-refractivity contribution in [3.63, 3.8) is 0 Å². The maximum Gasteiger partial charge on any atom is 0.0244 e. The van der Waals surface area contributed by atoms with E-state index in [1.807, 2.05) is 11.3 Å². The Morgan fingerprint density at radius 3 is 2.70 bits per heavy atom. The van der Waals surface area contributed by atoms with Gasteiger partial charge in [0.2, 0.25) is 0 Å². The van der Waals surface area contributed by atoms with Crippen LogP contribution in [-0.2, 0) is 6.42 Å². The average Bonchev–Trinajstić information content (AvgIpc) is 2.87. The summed E-state index contributed by atoms with van der Waals surface area (Å²) in [7, 11) is 0. The molecule has 1 saturated heterocycles. The molecule has 2 unspecified atom stereocenters. The fourth-order valence-electron chi connectivity index (χ4n) is 3.03. The Hall–Kier alpha value is -0.380. The highest BCUT2D eigenvalue weighted by atomic mass is 32.1. The number of hydrogen-bond acceptors (Lipinski definition) is 3. The lowest BCUT2D eigenvalue weighted by molar-refractivity contribution is 0.0642. The van der Waals surface area contributed by atoms with E-state index in [0.717, 1.165) is 6.54 Å². The molecule has 1 aliphatic heterocycles. The molecule has 0 spiro atoms. The highest BCUT2D eigenvalue weighted by Crippen LogP contribution is 2.25. The fourth-order valence-corrected chi connectivity index (χ4v) is 3.73. The van der Waals surface area contributed by atoms with Crippen molar-refractivity contribution in [2.75, 3.05) is 19.6 Å². The second-order valence-corrected chi connectivity index (χ2v) is 8.29. The fraction of sp³-hybridized carbons (Fsp3) is 0.765. The average molecular weight is 295 g/mol. The molecule has 0 aromatic carbocycles. The van der Waals surface area contributed by atoms with E-state index >= 15 is 0 Å². The van der Waals surface area contributed by atoms with Gasteiger partial charge in [0, 0.05) is 31.7 Å². The molecule has 2 rings (SSSR count). The first-order valence-electron chi connectivity index (χ1n) is 7.86. The zero-order valence-corrected chi connectivity index (χ0v) is 14.5. The molecular weight excluding hydrogens is 264 g/mol. The molecule has 1 N–H and O–H groups in total. The van der Waals surface area contributed by atoms with Gasteiger partial charge in [0.15, 0.2) is 0 Å². The van der Waals surface area contributed by atoms with Crippen molar-refractivity contribution in [1.29, 1.82) is 0 Å². The van der Waals surface area contributed by atoms with Crippen LogP contribution >= 0.6 is 11.3 Å². The summed E-state index contributed by atoms with van der Waals surface area (Å²) >= 11 is 1.81. The summed E-state index contributed by atoms with van der Waals surface area (Å²) in [6, 6.07) is 3.53. The molecule has 3 heteroatoms. The lowest BCUT2D eigenvalue weighted by Crippen LogP contribution is -2.61. The van der Waals surface area contributed by atoms with Gasteiger partial charge in [-0.3, -0.25) is 4.90 Å². The molecule has 1 aliphatic rings. The van der Waals surface area contributed by atoms with E-state index in [4.69, 9.17) is 0 Å². The number of nitrogens with zero attached hydrogens (tertiary/aromatic N) is 1. The third kappa shape index (κ3) is 4.06. The Morgan fingerprint density at radius 1 is 1.40 bits per heavy atom. The summed E-state index contributed by atoms with van der Waals surface area (Å²) in [5.41, 5.74) is 1.83. The van der Waals surface area contributed by atoms with E-state index in [-0.39, 0.29) is 0 Å². The Balaban J connectivity index is 1.99. The zero-order chi connectivity index (χ0) is 14.8. The molecule has 20 heavy (non-hydrogen) atoms. The van der Waals surface area contributed by atoms with E-state index in [9.17, 15) is 0 Å². The molecule has 1 aromatic rings. The minimum atomic E-state index is 0.336. The molecular formula is C17H30N2S. The molecule has 0 bridgehead atoms. The highest BCUT2D eigenvalue weighted by molar-refractivity contribution is 7.07. The second kappa shape index (κ2) is 6.59. The number of hydrogen-bond donors (Lipinski definition) is 1. The largest absolute Gasteiger partial charge is 0.311 e. The van der Waals surface area contributed by atoms with Gasteiger partial charge < -0.3 is 5.32 Å². The molecule has 0 saturated carbocycles. The molecule has 114 valence electrons. The van der Waals surface area contributed by atoms with Gasteiger partial charge in [-0.2, -0.15) is 11.3 Å². The van der Waals surface area contributed by atoms with Gasteiger partial charge in [0.05, 0.1) is 0 Å². The van der Waals surface area contributed by atoms with Crippen molar-refractivity contribution in [3.8, 4) is 0 Å². The first-order valence-corrected chi connectivity index (χ1v) is 8.80. The molecule has 2 heterocycles. The van der Waals surface area contributed by atoms with Crippen LogP contribution in [0.25, 0.3) is 0 Å². The minimum Gasteiger partial charge on any atom is -0.311 e. The van der Waals surface area contributed by atoms with Gasteiger partial charge in [-0.25, -0.2) is 0 Å². The van der Waals surface area contributed by atoms with Gasteiger partial charge in [-0.1, -0.05) is 34.6 Å². The second-order valence-electron chi connectivity index (χ2n) is 7.51. The van der Waals surface area contributed by atoms with Gasteiger partial charge >= 0.3 is 0 Å². The lowest BCUT2D eigenvalue weighted by Gasteiger charge is -2.46. The summed E-state index contributed by atoms with van der Waals surface area (Å²) < 4.78 is 0. The number of thiophene rings is 1. The van der Waals surface area contributed by atoms with E-state index in [1.54, 1.807) is 0 Å². The Kier molecular flexibility index (Phi) is 5.27. The van der Waals surface area contributed by atoms with Gasteiger partial charge in [-0.15, -0.1) is 0 Å². The Morgan fingerprint density at radius 2 is 2.15 bits per heavy atom. The Bertz CT molecular complexity index is 392. The summed E-state index contributed by atoms with van der Waals surface area (Å²) in [6.07, 6.45) is 1.18. The maximum absolute atomic E-state index is 3.77. The van der Waals surface area contributed by atoms with E-state index in [1.165, 1.54) is 25.1 Å². The van der Waals surface area contributed by atoms with E-state index < -0.39 is 0 Å². The summed E-state index contributed by atoms with van der Waals surface area (Å²) in [5, 5.41) is 8.25. The van der Waals surface area contributed by atoms with Gasteiger partial charge in [0.1, 0.15) is 0 Å². The van der Waals surface area contributed by atoms with Crippen molar-refractivity contribution in [1.82, 2.24) is 10.2 Å². The predicted octanol–water partition coefficient (Wildman–Crippen LogP) is 3.64. The quantitative estimate of drug-likeness (QED) is 0.912. The smallest absolute Gasteiger partial charge is 0.0244 e. The monoisotopic (exact) mass is 294 g/mol. The van der Waals surface area contributed by atoms with Crippen molar-refractivity contribution in [2.24, 2.45) is 11.3 Å². The normalized spacial score (nSPS) is 25.3. The summed E-state index contributed by atoms with van der Waals surface area (Å²) in [6.45, 7) is 15.2. The molecule has 0 radical (unpaired) electrons. The molecule has 1 aromatic heterocycles. The third-order valence-electron chi connectivity index (χ3n) is 4.54. The lowest BCUT2D eigenvalue weighted by atomic mass is 9.83. The zero-order valence-electron chi connectivity index (χ0n) is 13.6. The van der Waals surface area contributed by atoms with Crippen LogP contribution < -0.4 is 5.32 Å². The first-order chi connectivity index (χ1) is 9.38. The molecule has 2 nitrogen and oxygen atoms in total. The van der Waals surface area contributed by atoms with Crippen LogP contribution in [0, 0.1) is 11.3 Å². The van der Waals surface area contributed by atoms with E-state index in [2.05, 4.69) is 61.7 Å². The van der Waals surface area contributed by atoms with Crippen molar-refractivity contribution >= 4 is 11.3 Å². The van der Waals surface area contributed by atoms with Crippen LogP contribution in [0.1, 0.15) is 40.2 Å². The van der Waals surface area contributed by atoms with Crippen molar-refractivity contribution in [2.45, 2.75) is 53.1 Å². The highest BCUT2D eigenvalue weighted by Gasteiger charge is 2.34. The van der Waals surface area contributed by atoms with Crippen LogP contribution in [0.15, 0.2) is 16.8 Å². The van der Waals surface area contributed by atoms with Crippen molar-refractivity contribution in [3.05, 3.63) is 22.4 Å². The summed E-state index contributed by atoms with van der Waals surface area (Å²) in [4.78, 5) is 2.72. The number of piperazine rings is 1. The van der Waals surface area contributed by atoms with Crippen molar-refractivity contribution < 1.29 is 0 Å². The molecule has 0 amide bonds. The van der Waals surface area contributed by atoms with Crippen LogP contribution in [0.4, 0.5) is 0 Å². The summed E-state index contributed by atoms with van der Waals surface area (Å²) in [5.74, 6) is 0.714.